The number of benzene rings is 2. The lowest BCUT2D eigenvalue weighted by atomic mass is 9.98. The third kappa shape index (κ3) is 3.30. The molecule has 3 heteroatoms. The van der Waals surface area contributed by atoms with Crippen molar-refractivity contribution in [3.05, 3.63) is 58.9 Å². The highest BCUT2D eigenvalue weighted by Gasteiger charge is 2.15. The van der Waals surface area contributed by atoms with Crippen LogP contribution in [-0.2, 0) is 0 Å². The number of rotatable bonds is 4. The van der Waals surface area contributed by atoms with Gasteiger partial charge >= 0.3 is 0 Å². The van der Waals surface area contributed by atoms with Gasteiger partial charge in [0.1, 0.15) is 5.75 Å². The molecule has 0 fully saturated rings. The van der Waals surface area contributed by atoms with Crippen LogP contribution in [0.4, 0.5) is 4.39 Å². The van der Waals surface area contributed by atoms with Crippen LogP contribution in [0.1, 0.15) is 48.2 Å². The molecule has 0 amide bonds. The standard InChI is InChI=1S/C18H19FO2/c1-11(2)15-9-8-14(10-12(15)3)21-18-16(13(4)20)6-5-7-17(18)19/h5-11H,1-4H3. The Morgan fingerprint density at radius 2 is 1.90 bits per heavy atom. The van der Waals surface area contributed by atoms with Gasteiger partial charge in [-0.15, -0.1) is 0 Å². The van der Waals surface area contributed by atoms with Crippen molar-refractivity contribution in [2.45, 2.75) is 33.6 Å². The predicted octanol–water partition coefficient (Wildman–Crippen LogP) is 5.25. The molecule has 0 saturated heterocycles. The Morgan fingerprint density at radius 1 is 1.19 bits per heavy atom. The highest BCUT2D eigenvalue weighted by atomic mass is 19.1. The summed E-state index contributed by atoms with van der Waals surface area (Å²) in [7, 11) is 0. The molecule has 0 bridgehead atoms. The van der Waals surface area contributed by atoms with E-state index >= 15 is 0 Å². The highest BCUT2D eigenvalue weighted by molar-refractivity contribution is 5.96. The van der Waals surface area contributed by atoms with Crippen molar-refractivity contribution in [2.75, 3.05) is 0 Å². The molecule has 0 radical (unpaired) electrons. The second-order valence-electron chi connectivity index (χ2n) is 5.45. The number of carbonyl (C=O) groups excluding carboxylic acids is 1. The van der Waals surface area contributed by atoms with E-state index < -0.39 is 5.82 Å². The first-order chi connectivity index (χ1) is 9.90. The van der Waals surface area contributed by atoms with Crippen LogP contribution in [0.5, 0.6) is 11.5 Å². The SMILES string of the molecule is CC(=O)c1cccc(F)c1Oc1ccc(C(C)C)c(C)c1. The number of hydrogen-bond donors (Lipinski definition) is 0. The Morgan fingerprint density at radius 3 is 2.48 bits per heavy atom. The Hall–Kier alpha value is -2.16. The van der Waals surface area contributed by atoms with Crippen LogP contribution in [0, 0.1) is 12.7 Å². The fourth-order valence-corrected chi connectivity index (χ4v) is 2.37. The molecule has 0 aliphatic heterocycles. The number of aryl methyl sites for hydroxylation is 1. The summed E-state index contributed by atoms with van der Waals surface area (Å²) in [4.78, 5) is 11.6. The summed E-state index contributed by atoms with van der Waals surface area (Å²) in [5.41, 5.74) is 2.56. The second kappa shape index (κ2) is 6.08. The van der Waals surface area contributed by atoms with Crippen LogP contribution < -0.4 is 4.74 Å². The predicted molar refractivity (Wildman–Crippen MR) is 81.7 cm³/mol. The molecular weight excluding hydrogens is 267 g/mol. The van der Waals surface area contributed by atoms with Gasteiger partial charge < -0.3 is 4.74 Å². The zero-order chi connectivity index (χ0) is 15.6. The van der Waals surface area contributed by atoms with Crippen LogP contribution in [-0.4, -0.2) is 5.78 Å². The number of Topliss-reactive ketones (excluding diaryl/α,β-unsaturated/α-hetero) is 1. The molecular formula is C18H19FO2. The molecule has 0 saturated carbocycles. The Bertz CT molecular complexity index is 675. The number of carbonyl (C=O) groups is 1. The molecule has 0 heterocycles. The highest BCUT2D eigenvalue weighted by Crippen LogP contribution is 2.31. The largest absolute Gasteiger partial charge is 0.454 e. The minimum absolute atomic E-state index is 0.0123. The molecule has 2 rings (SSSR count). The molecule has 21 heavy (non-hydrogen) atoms. The van der Waals surface area contributed by atoms with E-state index in [1.165, 1.54) is 24.6 Å². The second-order valence-corrected chi connectivity index (χ2v) is 5.45. The van der Waals surface area contributed by atoms with E-state index in [0.29, 0.717) is 11.7 Å². The molecule has 0 aromatic heterocycles. The third-order valence-corrected chi connectivity index (χ3v) is 3.43. The molecule has 0 atom stereocenters. The average molecular weight is 286 g/mol. The monoisotopic (exact) mass is 286 g/mol. The first kappa shape index (κ1) is 15.2. The van der Waals surface area contributed by atoms with Gasteiger partial charge in [0.05, 0.1) is 5.56 Å². The van der Waals surface area contributed by atoms with E-state index in [2.05, 4.69) is 13.8 Å². The molecule has 0 aliphatic carbocycles. The van der Waals surface area contributed by atoms with Gasteiger partial charge in [-0.05, 0) is 55.2 Å². The zero-order valence-electron chi connectivity index (χ0n) is 12.7. The normalized spacial score (nSPS) is 10.8. The van der Waals surface area contributed by atoms with Crippen LogP contribution in [0.15, 0.2) is 36.4 Å². The van der Waals surface area contributed by atoms with Crippen LogP contribution in [0.3, 0.4) is 0 Å². The van der Waals surface area contributed by atoms with Gasteiger partial charge in [0, 0.05) is 0 Å². The van der Waals surface area contributed by atoms with Crippen LogP contribution in [0.2, 0.25) is 0 Å². The van der Waals surface area contributed by atoms with Gasteiger partial charge in [-0.1, -0.05) is 26.0 Å². The summed E-state index contributed by atoms with van der Waals surface area (Å²) in [6.45, 7) is 7.63. The molecule has 0 aliphatic rings. The first-order valence-corrected chi connectivity index (χ1v) is 6.98. The summed E-state index contributed by atoms with van der Waals surface area (Å²) >= 11 is 0. The summed E-state index contributed by atoms with van der Waals surface area (Å²) in [6.07, 6.45) is 0. The molecule has 0 unspecified atom stereocenters. The van der Waals surface area contributed by atoms with Crippen LogP contribution >= 0.6 is 0 Å². The number of ketones is 1. The van der Waals surface area contributed by atoms with Crippen molar-refractivity contribution in [1.82, 2.24) is 0 Å². The van der Waals surface area contributed by atoms with E-state index in [0.717, 1.165) is 5.56 Å². The molecule has 2 aromatic rings. The van der Waals surface area contributed by atoms with Gasteiger partial charge in [-0.25, -0.2) is 4.39 Å². The van der Waals surface area contributed by atoms with Crippen molar-refractivity contribution in [1.29, 1.82) is 0 Å². The van der Waals surface area contributed by atoms with Gasteiger partial charge in [-0.2, -0.15) is 0 Å². The maximum absolute atomic E-state index is 13.9. The number of hydrogen-bond acceptors (Lipinski definition) is 2. The maximum Gasteiger partial charge on any atom is 0.173 e. The van der Waals surface area contributed by atoms with Crippen LogP contribution in [0.25, 0.3) is 0 Å². The molecule has 2 nitrogen and oxygen atoms in total. The van der Waals surface area contributed by atoms with Gasteiger partial charge in [0.15, 0.2) is 17.3 Å². The Labute approximate surface area is 124 Å². The quantitative estimate of drug-likeness (QED) is 0.717. The van der Waals surface area contributed by atoms with Gasteiger partial charge in [0.25, 0.3) is 0 Å². The maximum atomic E-state index is 13.9. The minimum Gasteiger partial charge on any atom is -0.454 e. The summed E-state index contributed by atoms with van der Waals surface area (Å²) < 4.78 is 19.5. The van der Waals surface area contributed by atoms with E-state index in [4.69, 9.17) is 4.74 Å². The Kier molecular flexibility index (Phi) is 4.41. The fraction of sp³-hybridized carbons (Fsp3) is 0.278. The van der Waals surface area contributed by atoms with E-state index in [1.54, 1.807) is 12.1 Å². The summed E-state index contributed by atoms with van der Waals surface area (Å²) in [5.74, 6) is 0.180. The number of ether oxygens (including phenoxy) is 1. The molecule has 2 aromatic carbocycles. The summed E-state index contributed by atoms with van der Waals surface area (Å²) in [5, 5.41) is 0. The molecule has 110 valence electrons. The molecule has 0 N–H and O–H groups in total. The Balaban J connectivity index is 2.39. The zero-order valence-corrected chi connectivity index (χ0v) is 12.7. The molecule has 0 spiro atoms. The number of halogens is 1. The minimum atomic E-state index is -0.534. The summed E-state index contributed by atoms with van der Waals surface area (Å²) in [6, 6.07) is 10.0. The van der Waals surface area contributed by atoms with Crippen molar-refractivity contribution in [3.63, 3.8) is 0 Å². The lowest BCUT2D eigenvalue weighted by Gasteiger charge is -2.14. The van der Waals surface area contributed by atoms with Gasteiger partial charge in [-0.3, -0.25) is 4.79 Å². The lowest BCUT2D eigenvalue weighted by Crippen LogP contribution is -2.00. The van der Waals surface area contributed by atoms with Crippen molar-refractivity contribution in [3.8, 4) is 11.5 Å². The van der Waals surface area contributed by atoms with E-state index in [1.807, 2.05) is 19.1 Å². The topological polar surface area (TPSA) is 26.3 Å². The average Bonchev–Trinajstić information content (AvgIpc) is 2.40. The number of para-hydroxylation sites is 1. The van der Waals surface area contributed by atoms with Crippen molar-refractivity contribution < 1.29 is 13.9 Å². The lowest BCUT2D eigenvalue weighted by molar-refractivity contribution is 0.101. The van der Waals surface area contributed by atoms with Crippen molar-refractivity contribution >= 4 is 5.78 Å². The van der Waals surface area contributed by atoms with E-state index in [9.17, 15) is 9.18 Å². The smallest absolute Gasteiger partial charge is 0.173 e. The first-order valence-electron chi connectivity index (χ1n) is 6.98. The van der Waals surface area contributed by atoms with Crippen molar-refractivity contribution in [2.24, 2.45) is 0 Å². The van der Waals surface area contributed by atoms with E-state index in [-0.39, 0.29) is 17.1 Å². The third-order valence-electron chi connectivity index (χ3n) is 3.43. The fourth-order valence-electron chi connectivity index (χ4n) is 2.37. The van der Waals surface area contributed by atoms with Gasteiger partial charge in [0.2, 0.25) is 0 Å².